The minimum absolute atomic E-state index is 0. The summed E-state index contributed by atoms with van der Waals surface area (Å²) >= 11 is 0. The predicted octanol–water partition coefficient (Wildman–Crippen LogP) is 1.96. The number of likely N-dealkylation sites (N-methyl/N-ethyl adjacent to an activating group) is 1. The first-order valence-electron chi connectivity index (χ1n) is 5.88. The van der Waals surface area contributed by atoms with Crippen molar-refractivity contribution in [3.63, 3.8) is 0 Å². The molecule has 0 bridgehead atoms. The van der Waals surface area contributed by atoms with Gasteiger partial charge in [0.2, 0.25) is 5.91 Å². The Bertz CT molecular complexity index is 231. The third kappa shape index (κ3) is 4.71. The van der Waals surface area contributed by atoms with Crippen LogP contribution in [0.2, 0.25) is 0 Å². The fourth-order valence-electron chi connectivity index (χ4n) is 2.58. The molecule has 96 valence electrons. The number of hydrogen-bond donors (Lipinski definition) is 2. The molecule has 1 rings (SSSR count). The van der Waals surface area contributed by atoms with Crippen molar-refractivity contribution >= 4 is 18.3 Å². The first-order chi connectivity index (χ1) is 6.94. The van der Waals surface area contributed by atoms with Crippen LogP contribution in [-0.4, -0.2) is 25.5 Å². The highest BCUT2D eigenvalue weighted by Crippen LogP contribution is 2.38. The molecule has 1 saturated carbocycles. The molecule has 0 aromatic carbocycles. The van der Waals surface area contributed by atoms with Crippen molar-refractivity contribution in [3.8, 4) is 0 Å². The Labute approximate surface area is 105 Å². The van der Waals surface area contributed by atoms with Crippen molar-refractivity contribution in [2.24, 2.45) is 11.3 Å². The van der Waals surface area contributed by atoms with Gasteiger partial charge in [-0.25, -0.2) is 0 Å². The monoisotopic (exact) mass is 248 g/mol. The molecule has 4 heteroatoms. The lowest BCUT2D eigenvalue weighted by Gasteiger charge is -2.39. The summed E-state index contributed by atoms with van der Waals surface area (Å²) in [4.78, 5) is 11.4. The maximum Gasteiger partial charge on any atom is 0.234 e. The van der Waals surface area contributed by atoms with Crippen molar-refractivity contribution in [1.82, 2.24) is 10.6 Å². The van der Waals surface area contributed by atoms with Gasteiger partial charge in [-0.2, -0.15) is 0 Å². The van der Waals surface area contributed by atoms with Gasteiger partial charge in [-0.15, -0.1) is 12.4 Å². The van der Waals surface area contributed by atoms with E-state index in [0.29, 0.717) is 23.9 Å². The third-order valence-corrected chi connectivity index (χ3v) is 3.38. The molecule has 2 N–H and O–H groups in total. The van der Waals surface area contributed by atoms with Gasteiger partial charge in [-0.05, 0) is 37.6 Å². The van der Waals surface area contributed by atoms with Crippen molar-refractivity contribution in [1.29, 1.82) is 0 Å². The van der Waals surface area contributed by atoms with Gasteiger partial charge in [-0.1, -0.05) is 20.8 Å². The first kappa shape index (κ1) is 15.7. The lowest BCUT2D eigenvalue weighted by Crippen LogP contribution is -2.46. The molecular formula is C12H25ClN2O. The predicted molar refractivity (Wildman–Crippen MR) is 69.9 cm³/mol. The van der Waals surface area contributed by atoms with Gasteiger partial charge in [0, 0.05) is 6.04 Å². The van der Waals surface area contributed by atoms with Crippen molar-refractivity contribution in [2.75, 3.05) is 13.6 Å². The molecule has 3 nitrogen and oxygen atoms in total. The molecule has 1 aliphatic carbocycles. The van der Waals surface area contributed by atoms with E-state index >= 15 is 0 Å². The number of nitrogens with one attached hydrogen (secondary N) is 2. The highest BCUT2D eigenvalue weighted by Gasteiger charge is 2.32. The highest BCUT2D eigenvalue weighted by atomic mass is 35.5. The molecule has 16 heavy (non-hydrogen) atoms. The van der Waals surface area contributed by atoms with Crippen LogP contribution in [0.25, 0.3) is 0 Å². The lowest BCUT2D eigenvalue weighted by molar-refractivity contribution is -0.121. The SMILES string of the molecule is CNCC(=O)NC1CCC(C)(C)CC1C.Cl. The Hall–Kier alpha value is -0.280. The van der Waals surface area contributed by atoms with Gasteiger partial charge >= 0.3 is 0 Å². The van der Waals surface area contributed by atoms with Gasteiger partial charge < -0.3 is 10.6 Å². The molecule has 1 fully saturated rings. The Kier molecular flexibility index (Phi) is 6.34. The maximum atomic E-state index is 11.4. The number of hydrogen-bond acceptors (Lipinski definition) is 2. The van der Waals surface area contributed by atoms with Crippen molar-refractivity contribution in [3.05, 3.63) is 0 Å². The van der Waals surface area contributed by atoms with Gasteiger partial charge in [0.05, 0.1) is 6.54 Å². The van der Waals surface area contributed by atoms with E-state index in [-0.39, 0.29) is 18.3 Å². The molecular weight excluding hydrogens is 224 g/mol. The van der Waals surface area contributed by atoms with Crippen molar-refractivity contribution in [2.45, 2.75) is 46.1 Å². The minimum Gasteiger partial charge on any atom is -0.352 e. The smallest absolute Gasteiger partial charge is 0.234 e. The van der Waals surface area contributed by atoms with E-state index in [1.165, 1.54) is 12.8 Å². The van der Waals surface area contributed by atoms with Crippen LogP contribution >= 0.6 is 12.4 Å². The van der Waals surface area contributed by atoms with E-state index in [1.54, 1.807) is 7.05 Å². The summed E-state index contributed by atoms with van der Waals surface area (Å²) in [5.74, 6) is 0.712. The molecule has 1 amide bonds. The van der Waals surface area contributed by atoms with E-state index in [9.17, 15) is 4.79 Å². The number of carbonyl (C=O) groups is 1. The first-order valence-corrected chi connectivity index (χ1v) is 5.88. The zero-order valence-electron chi connectivity index (χ0n) is 10.8. The van der Waals surface area contributed by atoms with Crippen LogP contribution in [0.5, 0.6) is 0 Å². The molecule has 1 aliphatic rings. The molecule has 0 spiro atoms. The van der Waals surface area contributed by atoms with Crippen LogP contribution in [0.15, 0.2) is 0 Å². The fraction of sp³-hybridized carbons (Fsp3) is 0.917. The highest BCUT2D eigenvalue weighted by molar-refractivity contribution is 5.85. The summed E-state index contributed by atoms with van der Waals surface area (Å²) in [6, 6.07) is 0.374. The van der Waals surface area contributed by atoms with E-state index < -0.39 is 0 Å². The van der Waals surface area contributed by atoms with Gasteiger partial charge in [0.25, 0.3) is 0 Å². The van der Waals surface area contributed by atoms with Crippen LogP contribution in [-0.2, 0) is 4.79 Å². The number of carbonyl (C=O) groups excluding carboxylic acids is 1. The number of rotatable bonds is 3. The molecule has 0 aromatic rings. The summed E-state index contributed by atoms with van der Waals surface area (Å²) in [6.45, 7) is 7.29. The zero-order valence-corrected chi connectivity index (χ0v) is 11.6. The van der Waals surface area contributed by atoms with Crippen LogP contribution in [0.3, 0.4) is 0 Å². The van der Waals surface area contributed by atoms with Gasteiger partial charge in [0.1, 0.15) is 0 Å². The molecule has 0 radical (unpaired) electrons. The molecule has 2 atom stereocenters. The quantitative estimate of drug-likeness (QED) is 0.802. The second-order valence-electron chi connectivity index (χ2n) is 5.59. The average Bonchev–Trinajstić information content (AvgIpc) is 2.10. The Balaban J connectivity index is 0.00000225. The average molecular weight is 249 g/mol. The third-order valence-electron chi connectivity index (χ3n) is 3.38. The van der Waals surface area contributed by atoms with E-state index in [2.05, 4.69) is 31.4 Å². The second-order valence-corrected chi connectivity index (χ2v) is 5.59. The molecule has 0 saturated heterocycles. The zero-order chi connectivity index (χ0) is 11.5. The topological polar surface area (TPSA) is 41.1 Å². The van der Waals surface area contributed by atoms with E-state index in [0.717, 1.165) is 6.42 Å². The standard InChI is InChI=1S/C12H24N2O.ClH/c1-9-7-12(2,3)6-5-10(9)14-11(15)8-13-4;/h9-10,13H,5-8H2,1-4H3,(H,14,15);1H. The second kappa shape index (κ2) is 6.45. The molecule has 2 unspecified atom stereocenters. The van der Waals surface area contributed by atoms with E-state index in [1.807, 2.05) is 0 Å². The van der Waals surface area contributed by atoms with Crippen LogP contribution in [0.1, 0.15) is 40.0 Å². The fourth-order valence-corrected chi connectivity index (χ4v) is 2.58. The maximum absolute atomic E-state index is 11.4. The van der Waals surface area contributed by atoms with E-state index in [4.69, 9.17) is 0 Å². The summed E-state index contributed by atoms with van der Waals surface area (Å²) in [5, 5.41) is 5.98. The van der Waals surface area contributed by atoms with Gasteiger partial charge in [-0.3, -0.25) is 4.79 Å². The van der Waals surface area contributed by atoms with Crippen LogP contribution in [0.4, 0.5) is 0 Å². The van der Waals surface area contributed by atoms with Crippen LogP contribution in [0, 0.1) is 11.3 Å². The summed E-state index contributed by atoms with van der Waals surface area (Å²) < 4.78 is 0. The Morgan fingerprint density at radius 3 is 2.56 bits per heavy atom. The number of halogens is 1. The summed E-state index contributed by atoms with van der Waals surface area (Å²) in [7, 11) is 1.80. The number of amides is 1. The molecule has 0 aromatic heterocycles. The molecule has 0 aliphatic heterocycles. The summed E-state index contributed by atoms with van der Waals surface area (Å²) in [6.07, 6.45) is 3.53. The Morgan fingerprint density at radius 1 is 1.44 bits per heavy atom. The Morgan fingerprint density at radius 2 is 2.06 bits per heavy atom. The van der Waals surface area contributed by atoms with Crippen LogP contribution < -0.4 is 10.6 Å². The van der Waals surface area contributed by atoms with Crippen molar-refractivity contribution < 1.29 is 4.79 Å². The lowest BCUT2D eigenvalue weighted by atomic mass is 9.70. The summed E-state index contributed by atoms with van der Waals surface area (Å²) in [5.41, 5.74) is 0.448. The molecule has 0 heterocycles. The van der Waals surface area contributed by atoms with Gasteiger partial charge in [0.15, 0.2) is 0 Å². The minimum atomic E-state index is 0. The largest absolute Gasteiger partial charge is 0.352 e. The normalized spacial score (nSPS) is 28.0.